The Labute approximate surface area is 176 Å². The summed E-state index contributed by atoms with van der Waals surface area (Å²) in [7, 11) is 1.83. The van der Waals surface area contributed by atoms with Crippen molar-refractivity contribution < 1.29 is 14.3 Å². The number of nitrogens with one attached hydrogen (secondary N) is 1. The van der Waals surface area contributed by atoms with Crippen LogP contribution in [0.5, 0.6) is 0 Å². The molecule has 0 aromatic carbocycles. The largest absolute Gasteiger partial charge is 0.371 e. The molecule has 2 aliphatic heterocycles. The van der Waals surface area contributed by atoms with Crippen molar-refractivity contribution in [1.29, 1.82) is 0 Å². The smallest absolute Gasteiger partial charge is 0.272 e. The second-order valence-corrected chi connectivity index (χ2v) is 8.94. The Bertz CT molecular complexity index is 883. The minimum atomic E-state index is -0.199. The molecule has 5 rings (SSSR count). The second kappa shape index (κ2) is 8.11. The van der Waals surface area contributed by atoms with Crippen LogP contribution in [0.1, 0.15) is 60.0 Å². The van der Waals surface area contributed by atoms with Gasteiger partial charge in [0.05, 0.1) is 24.9 Å². The zero-order valence-corrected chi connectivity index (χ0v) is 17.7. The molecule has 0 radical (unpaired) electrons. The number of aryl methyl sites for hydroxylation is 2. The van der Waals surface area contributed by atoms with Crippen molar-refractivity contribution in [3.63, 3.8) is 0 Å². The predicted octanol–water partition coefficient (Wildman–Crippen LogP) is 1.58. The fourth-order valence-corrected chi connectivity index (χ4v) is 5.00. The highest BCUT2D eigenvalue weighted by molar-refractivity contribution is 5.92. The summed E-state index contributed by atoms with van der Waals surface area (Å²) in [6.07, 6.45) is 9.35. The van der Waals surface area contributed by atoms with E-state index >= 15 is 0 Å². The molecule has 4 unspecified atom stereocenters. The first kappa shape index (κ1) is 19.7. The van der Waals surface area contributed by atoms with Gasteiger partial charge >= 0.3 is 0 Å². The monoisotopic (exact) mass is 414 g/mol. The van der Waals surface area contributed by atoms with E-state index in [2.05, 4.69) is 26.9 Å². The van der Waals surface area contributed by atoms with Crippen molar-refractivity contribution in [2.45, 2.75) is 69.7 Å². The molecule has 4 atom stereocenters. The van der Waals surface area contributed by atoms with E-state index in [1.807, 2.05) is 18.7 Å². The van der Waals surface area contributed by atoms with Crippen LogP contribution in [0.15, 0.2) is 12.3 Å². The molecule has 2 saturated heterocycles. The maximum absolute atomic E-state index is 12.6. The summed E-state index contributed by atoms with van der Waals surface area (Å²) >= 11 is 0. The van der Waals surface area contributed by atoms with E-state index in [-0.39, 0.29) is 30.2 Å². The molecule has 9 nitrogen and oxygen atoms in total. The first-order chi connectivity index (χ1) is 14.6. The zero-order valence-electron chi connectivity index (χ0n) is 17.7. The lowest BCUT2D eigenvalue weighted by molar-refractivity contribution is 0.0613. The number of carbonyl (C=O) groups is 1. The van der Waals surface area contributed by atoms with Crippen LogP contribution in [0.25, 0.3) is 0 Å². The third-order valence-corrected chi connectivity index (χ3v) is 6.81. The number of carbonyl (C=O) groups excluding carboxylic acids is 1. The normalized spacial score (nSPS) is 29.3. The van der Waals surface area contributed by atoms with Crippen LogP contribution in [-0.4, -0.2) is 62.1 Å². The van der Waals surface area contributed by atoms with Crippen LogP contribution < -0.4 is 5.32 Å². The molecule has 0 bridgehead atoms. The van der Waals surface area contributed by atoms with E-state index < -0.39 is 0 Å². The van der Waals surface area contributed by atoms with Gasteiger partial charge < -0.3 is 14.8 Å². The average Bonchev–Trinajstić information content (AvgIpc) is 3.50. The van der Waals surface area contributed by atoms with E-state index in [0.29, 0.717) is 18.9 Å². The highest BCUT2D eigenvalue weighted by Crippen LogP contribution is 2.34. The summed E-state index contributed by atoms with van der Waals surface area (Å²) < 4.78 is 15.6. The van der Waals surface area contributed by atoms with Gasteiger partial charge in [-0.1, -0.05) is 37.3 Å². The van der Waals surface area contributed by atoms with Crippen LogP contribution in [0, 0.1) is 12.8 Å². The van der Waals surface area contributed by atoms with Gasteiger partial charge in [0.1, 0.15) is 23.9 Å². The van der Waals surface area contributed by atoms with Crippen molar-refractivity contribution in [3.05, 3.63) is 29.3 Å². The molecule has 2 aromatic rings. The molecule has 1 N–H and O–H groups in total. The van der Waals surface area contributed by atoms with Crippen molar-refractivity contribution in [2.24, 2.45) is 13.0 Å². The first-order valence-electron chi connectivity index (χ1n) is 11.0. The molecule has 0 spiro atoms. The van der Waals surface area contributed by atoms with Crippen molar-refractivity contribution in [2.75, 3.05) is 13.2 Å². The van der Waals surface area contributed by atoms with Gasteiger partial charge in [-0.3, -0.25) is 9.48 Å². The highest BCUT2D eigenvalue weighted by Gasteiger charge is 2.49. The van der Waals surface area contributed by atoms with E-state index in [0.717, 1.165) is 23.7 Å². The molecule has 3 fully saturated rings. The minimum Gasteiger partial charge on any atom is -0.371 e. The topological polar surface area (TPSA) is 96.1 Å². The van der Waals surface area contributed by atoms with Crippen LogP contribution in [0.3, 0.4) is 0 Å². The number of nitrogens with zero attached hydrogens (tertiary/aromatic N) is 5. The maximum Gasteiger partial charge on any atom is 0.272 e. The molecule has 1 saturated carbocycles. The van der Waals surface area contributed by atoms with Gasteiger partial charge in [0.2, 0.25) is 0 Å². The van der Waals surface area contributed by atoms with E-state index in [1.165, 1.54) is 32.1 Å². The van der Waals surface area contributed by atoms with Crippen molar-refractivity contribution in [1.82, 2.24) is 30.1 Å². The van der Waals surface area contributed by atoms with Gasteiger partial charge in [0.15, 0.2) is 0 Å². The minimum absolute atomic E-state index is 0.0124. The molecule has 2 aromatic heterocycles. The third-order valence-electron chi connectivity index (χ3n) is 6.81. The summed E-state index contributed by atoms with van der Waals surface area (Å²) in [4.78, 5) is 12.6. The standard InChI is InChI=1S/C21H30N6O3/c1-13-8-16(24-26(13)2)21(28)22-17-11-29-20-18(12-30-19(17)20)27-10-15(23-25-27)9-14-6-4-3-5-7-14/h8,10,14,17-20H,3-7,9,11-12H2,1-2H3,(H,22,28). The second-order valence-electron chi connectivity index (χ2n) is 8.94. The lowest BCUT2D eigenvalue weighted by Gasteiger charge is -2.20. The number of fused-ring (bicyclic) bond motifs is 1. The summed E-state index contributed by atoms with van der Waals surface area (Å²) in [5, 5.41) is 16.1. The van der Waals surface area contributed by atoms with Gasteiger partial charge in [-0.15, -0.1) is 5.10 Å². The summed E-state index contributed by atoms with van der Waals surface area (Å²) in [6, 6.07) is 1.58. The van der Waals surface area contributed by atoms with Crippen LogP contribution >= 0.6 is 0 Å². The Hall–Kier alpha value is -2.26. The van der Waals surface area contributed by atoms with Crippen LogP contribution in [0.4, 0.5) is 0 Å². The zero-order chi connectivity index (χ0) is 20.7. The van der Waals surface area contributed by atoms with Gasteiger partial charge in [0, 0.05) is 18.9 Å². The predicted molar refractivity (Wildman–Crippen MR) is 108 cm³/mol. The molecular formula is C21H30N6O3. The Morgan fingerprint density at radius 3 is 2.77 bits per heavy atom. The molecule has 1 aliphatic carbocycles. The number of aromatic nitrogens is 5. The van der Waals surface area contributed by atoms with E-state index in [4.69, 9.17) is 9.47 Å². The molecule has 9 heteroatoms. The molecule has 3 aliphatic rings. The summed E-state index contributed by atoms with van der Waals surface area (Å²) in [5.74, 6) is 0.532. The molecule has 1 amide bonds. The van der Waals surface area contributed by atoms with Crippen LogP contribution in [0.2, 0.25) is 0 Å². The average molecular weight is 415 g/mol. The SMILES string of the molecule is Cc1cc(C(=O)NC2COC3C2OCC3n2cc(CC3CCCCC3)nn2)nn1C. The van der Waals surface area contributed by atoms with E-state index in [9.17, 15) is 4.79 Å². The first-order valence-corrected chi connectivity index (χ1v) is 11.0. The number of hydrogen-bond donors (Lipinski definition) is 1. The molecule has 30 heavy (non-hydrogen) atoms. The maximum atomic E-state index is 12.6. The number of hydrogen-bond acceptors (Lipinski definition) is 6. The fourth-order valence-electron chi connectivity index (χ4n) is 5.00. The van der Waals surface area contributed by atoms with Gasteiger partial charge in [0.25, 0.3) is 5.91 Å². The number of ether oxygens (including phenoxy) is 2. The van der Waals surface area contributed by atoms with Gasteiger partial charge in [-0.05, 0) is 25.3 Å². The lowest BCUT2D eigenvalue weighted by Crippen LogP contribution is -2.44. The highest BCUT2D eigenvalue weighted by atomic mass is 16.6. The Morgan fingerprint density at radius 2 is 2.00 bits per heavy atom. The van der Waals surface area contributed by atoms with Crippen molar-refractivity contribution in [3.8, 4) is 0 Å². The molecular weight excluding hydrogens is 384 g/mol. The van der Waals surface area contributed by atoms with E-state index in [1.54, 1.807) is 10.7 Å². The summed E-state index contributed by atoms with van der Waals surface area (Å²) in [5.41, 5.74) is 2.41. The fraction of sp³-hybridized carbons (Fsp3) is 0.714. The number of amides is 1. The van der Waals surface area contributed by atoms with Crippen molar-refractivity contribution >= 4 is 5.91 Å². The quantitative estimate of drug-likeness (QED) is 0.798. The molecule has 162 valence electrons. The molecule has 4 heterocycles. The van der Waals surface area contributed by atoms with Gasteiger partial charge in [-0.2, -0.15) is 5.10 Å². The van der Waals surface area contributed by atoms with Gasteiger partial charge in [-0.25, -0.2) is 4.68 Å². The Kier molecular flexibility index (Phi) is 5.32. The number of rotatable bonds is 5. The van der Waals surface area contributed by atoms with Crippen LogP contribution in [-0.2, 0) is 22.9 Å². The Balaban J connectivity index is 1.21. The Morgan fingerprint density at radius 1 is 1.20 bits per heavy atom. The third kappa shape index (κ3) is 3.76. The summed E-state index contributed by atoms with van der Waals surface area (Å²) in [6.45, 7) is 2.85. The lowest BCUT2D eigenvalue weighted by atomic mass is 9.86.